The van der Waals surface area contributed by atoms with Crippen LogP contribution in [0.4, 0.5) is 0 Å². The van der Waals surface area contributed by atoms with E-state index in [0.717, 1.165) is 5.19 Å². The molecule has 0 bridgehead atoms. The van der Waals surface area contributed by atoms with Gasteiger partial charge < -0.3 is 0 Å². The highest BCUT2D eigenvalue weighted by molar-refractivity contribution is 7.70. The van der Waals surface area contributed by atoms with Gasteiger partial charge in [0.05, 0.1) is 0 Å². The molecule has 0 aromatic heterocycles. The second-order valence-corrected chi connectivity index (χ2v) is 21.1. The van der Waals surface area contributed by atoms with E-state index in [0.29, 0.717) is 10.4 Å². The maximum absolute atomic E-state index is 5.93. The smallest absolute Gasteiger partial charge is 0.165 e. The Kier molecular flexibility index (Phi) is 5.89. The zero-order valence-electron chi connectivity index (χ0n) is 7.38. The van der Waals surface area contributed by atoms with Crippen molar-refractivity contribution >= 4 is 114 Å². The van der Waals surface area contributed by atoms with Gasteiger partial charge in [-0.3, -0.25) is 0 Å². The quantitative estimate of drug-likeness (QED) is 0.534. The molecule has 1 rings (SSSR count). The molecule has 0 fully saturated rings. The van der Waals surface area contributed by atoms with Crippen molar-refractivity contribution in [3.8, 4) is 0 Å². The van der Waals surface area contributed by atoms with Gasteiger partial charge in [-0.2, -0.15) is 11.1 Å². The maximum atomic E-state index is 5.93. The molecule has 0 unspecified atom stereocenters. The van der Waals surface area contributed by atoms with E-state index in [1.807, 2.05) is 0 Å². The third kappa shape index (κ3) is 4.54. The lowest BCUT2D eigenvalue weighted by molar-refractivity contribution is 1.90. The molecule has 10 heteroatoms. The van der Waals surface area contributed by atoms with Crippen molar-refractivity contribution in [3.05, 3.63) is 18.2 Å². The lowest BCUT2D eigenvalue weighted by Crippen LogP contribution is -2.42. The van der Waals surface area contributed by atoms with Gasteiger partial charge in [-0.15, -0.1) is 66.5 Å². The molecular formula is C6H3Cl7Si3. The van der Waals surface area contributed by atoms with Crippen LogP contribution in [0, 0.1) is 0 Å². The fraction of sp³-hybridized carbons (Fsp3) is 0. The van der Waals surface area contributed by atoms with Gasteiger partial charge in [-0.25, -0.2) is 0 Å². The molecule has 16 heavy (non-hydrogen) atoms. The summed E-state index contributed by atoms with van der Waals surface area (Å²) in [5, 5.41) is 2.00. The van der Waals surface area contributed by atoms with E-state index in [9.17, 15) is 0 Å². The minimum Gasteiger partial charge on any atom is -0.165 e. The van der Waals surface area contributed by atoms with Gasteiger partial charge in [0.15, 0.2) is 0 Å². The summed E-state index contributed by atoms with van der Waals surface area (Å²) in [6, 6.07) is -0.815. The van der Waals surface area contributed by atoms with E-state index in [4.69, 9.17) is 77.6 Å². The van der Waals surface area contributed by atoms with E-state index in [2.05, 4.69) is 0 Å². The number of hydrogen-bond acceptors (Lipinski definition) is 0. The fourth-order valence-corrected chi connectivity index (χ4v) is 5.43. The molecule has 0 aliphatic heterocycles. The fourth-order valence-electron chi connectivity index (χ4n) is 1.01. The summed E-state index contributed by atoms with van der Waals surface area (Å²) in [6.07, 6.45) is 0. The zero-order valence-corrected chi connectivity index (χ0v) is 15.7. The Labute approximate surface area is 131 Å². The molecule has 0 saturated carbocycles. The van der Waals surface area contributed by atoms with Gasteiger partial charge >= 0.3 is 12.0 Å². The molecule has 1 aromatic carbocycles. The van der Waals surface area contributed by atoms with Gasteiger partial charge in [-0.05, 0) is 15.6 Å². The SMILES string of the molecule is Cl[Si]c1cc([Si](Cl)(Cl)Cl)cc([Si](Cl)(Cl)Cl)c1. The van der Waals surface area contributed by atoms with Crippen molar-refractivity contribution in [1.29, 1.82) is 0 Å². The Hall–Kier alpha value is 1.90. The first-order chi connectivity index (χ1) is 7.14. The largest absolute Gasteiger partial charge is 0.372 e. The Morgan fingerprint density at radius 3 is 1.38 bits per heavy atom. The van der Waals surface area contributed by atoms with Crippen LogP contribution >= 0.6 is 77.6 Å². The summed E-state index contributed by atoms with van der Waals surface area (Å²) in [5.74, 6) is 0. The second-order valence-electron chi connectivity index (χ2n) is 2.89. The Morgan fingerprint density at radius 2 is 1.12 bits per heavy atom. The normalized spacial score (nSPS) is 12.9. The topological polar surface area (TPSA) is 0 Å². The molecule has 0 spiro atoms. The zero-order chi connectivity index (χ0) is 12.6. The van der Waals surface area contributed by atoms with Crippen molar-refractivity contribution in [3.63, 3.8) is 0 Å². The third-order valence-electron chi connectivity index (χ3n) is 1.70. The van der Waals surface area contributed by atoms with Crippen molar-refractivity contribution in [1.82, 2.24) is 0 Å². The first-order valence-electron chi connectivity index (χ1n) is 3.80. The molecule has 1 aromatic rings. The molecule has 0 N–H and O–H groups in total. The highest BCUT2D eigenvalue weighted by Crippen LogP contribution is 2.22. The summed E-state index contributed by atoms with van der Waals surface area (Å²) in [7, 11) is 0.0458. The first-order valence-corrected chi connectivity index (χ1v) is 15.9. The van der Waals surface area contributed by atoms with E-state index >= 15 is 0 Å². The predicted octanol–water partition coefficient (Wildman–Crippen LogP) is 2.89. The van der Waals surface area contributed by atoms with Gasteiger partial charge in [0, 0.05) is 0 Å². The van der Waals surface area contributed by atoms with E-state index in [-0.39, 0.29) is 8.83 Å². The minimum atomic E-state index is -2.98. The molecular weight excluding hydrogens is 404 g/mol. The van der Waals surface area contributed by atoms with Gasteiger partial charge in [0.1, 0.15) is 0 Å². The Morgan fingerprint density at radius 1 is 0.750 bits per heavy atom. The molecule has 88 valence electrons. The highest BCUT2D eigenvalue weighted by atomic mass is 35.8. The number of halogens is 7. The molecule has 2 radical (unpaired) electrons. The van der Waals surface area contributed by atoms with Crippen LogP contribution in [0.15, 0.2) is 18.2 Å². The van der Waals surface area contributed by atoms with Crippen molar-refractivity contribution < 1.29 is 0 Å². The first kappa shape index (κ1) is 16.0. The number of benzene rings is 1. The standard InChI is InChI=1S/C6H3Cl7Si3/c7-14-4-1-5(15(8,9)10)3-6(2-4)16(11,12)13/h1-3H. The maximum Gasteiger partial charge on any atom is 0.372 e. The highest BCUT2D eigenvalue weighted by Gasteiger charge is 2.34. The van der Waals surface area contributed by atoms with Gasteiger partial charge in [0.25, 0.3) is 0 Å². The van der Waals surface area contributed by atoms with Crippen LogP contribution in [0.5, 0.6) is 0 Å². The van der Waals surface area contributed by atoms with Crippen molar-refractivity contribution in [2.75, 3.05) is 0 Å². The van der Waals surface area contributed by atoms with Crippen LogP contribution in [0.25, 0.3) is 0 Å². The average Bonchev–Trinajstić information content (AvgIpc) is 2.14. The lowest BCUT2D eigenvalue weighted by Gasteiger charge is -2.15. The average molecular weight is 408 g/mol. The van der Waals surface area contributed by atoms with Gasteiger partial charge in [-0.1, -0.05) is 18.2 Å². The van der Waals surface area contributed by atoms with Crippen LogP contribution < -0.4 is 15.6 Å². The molecule has 0 saturated heterocycles. The molecule has 0 nitrogen and oxygen atoms in total. The summed E-state index contributed by atoms with van der Waals surface area (Å²) in [5.41, 5.74) is 0. The van der Waals surface area contributed by atoms with Crippen LogP contribution in [-0.4, -0.2) is 20.8 Å². The molecule has 0 atom stereocenters. The van der Waals surface area contributed by atoms with E-state index in [1.165, 1.54) is 0 Å². The van der Waals surface area contributed by atoms with Crippen LogP contribution in [0.2, 0.25) is 0 Å². The second kappa shape index (κ2) is 5.90. The van der Waals surface area contributed by atoms with Crippen molar-refractivity contribution in [2.45, 2.75) is 0 Å². The predicted molar refractivity (Wildman–Crippen MR) is 83.6 cm³/mol. The summed E-state index contributed by atoms with van der Waals surface area (Å²) in [4.78, 5) is 0. The van der Waals surface area contributed by atoms with E-state index < -0.39 is 12.0 Å². The molecule has 0 aliphatic carbocycles. The number of hydrogen-bond donors (Lipinski definition) is 0. The van der Waals surface area contributed by atoms with Crippen LogP contribution in [0.1, 0.15) is 0 Å². The molecule has 0 aliphatic rings. The number of rotatable bonds is 3. The summed E-state index contributed by atoms with van der Waals surface area (Å²) >= 11 is 41.3. The van der Waals surface area contributed by atoms with Crippen molar-refractivity contribution in [2.24, 2.45) is 0 Å². The molecule has 0 heterocycles. The monoisotopic (exact) mass is 404 g/mol. The Bertz CT molecular complexity index is 350. The summed E-state index contributed by atoms with van der Waals surface area (Å²) < 4.78 is 0. The van der Waals surface area contributed by atoms with Crippen LogP contribution in [0.3, 0.4) is 0 Å². The third-order valence-corrected chi connectivity index (χ3v) is 8.67. The molecule has 0 amide bonds. The van der Waals surface area contributed by atoms with Gasteiger partial charge in [0.2, 0.25) is 8.83 Å². The van der Waals surface area contributed by atoms with Crippen LogP contribution in [-0.2, 0) is 0 Å². The lowest BCUT2D eigenvalue weighted by atomic mass is 10.4. The summed E-state index contributed by atoms with van der Waals surface area (Å²) in [6.45, 7) is 0. The van der Waals surface area contributed by atoms with E-state index in [1.54, 1.807) is 18.2 Å². The Balaban J connectivity index is 3.33. The minimum absolute atomic E-state index is 0.0458.